The first-order valence-corrected chi connectivity index (χ1v) is 5.74. The summed E-state index contributed by atoms with van der Waals surface area (Å²) in [5.74, 6) is 1.74. The molecule has 0 aromatic carbocycles. The number of rotatable bonds is 3. The number of furan rings is 1. The SMILES string of the molecule is CCc1cc2c(o1)C(O)(CCN)CCC2. The highest BCUT2D eigenvalue weighted by atomic mass is 16.4. The van der Waals surface area contributed by atoms with Crippen LogP contribution in [0, 0.1) is 0 Å². The van der Waals surface area contributed by atoms with Gasteiger partial charge in [0.2, 0.25) is 0 Å². The Morgan fingerprint density at radius 1 is 1.60 bits per heavy atom. The molecule has 1 unspecified atom stereocenters. The fraction of sp³-hybridized carbons (Fsp3) is 0.667. The summed E-state index contributed by atoms with van der Waals surface area (Å²) in [6, 6.07) is 2.08. The minimum atomic E-state index is -0.810. The molecule has 1 aromatic heterocycles. The topological polar surface area (TPSA) is 59.4 Å². The van der Waals surface area contributed by atoms with Gasteiger partial charge in [0, 0.05) is 6.42 Å². The van der Waals surface area contributed by atoms with Crippen LogP contribution in [0.4, 0.5) is 0 Å². The Hall–Kier alpha value is -0.800. The first-order valence-electron chi connectivity index (χ1n) is 5.74. The Morgan fingerprint density at radius 2 is 2.40 bits per heavy atom. The molecule has 15 heavy (non-hydrogen) atoms. The van der Waals surface area contributed by atoms with Gasteiger partial charge in [-0.15, -0.1) is 0 Å². The quantitative estimate of drug-likeness (QED) is 0.796. The van der Waals surface area contributed by atoms with Crippen molar-refractivity contribution in [1.29, 1.82) is 0 Å². The van der Waals surface area contributed by atoms with Gasteiger partial charge in [-0.05, 0) is 43.9 Å². The minimum Gasteiger partial charge on any atom is -0.463 e. The Morgan fingerprint density at radius 3 is 3.07 bits per heavy atom. The molecule has 0 spiro atoms. The van der Waals surface area contributed by atoms with Crippen LogP contribution in [0.5, 0.6) is 0 Å². The summed E-state index contributed by atoms with van der Waals surface area (Å²) in [7, 11) is 0. The van der Waals surface area contributed by atoms with Crippen LogP contribution in [0.25, 0.3) is 0 Å². The van der Waals surface area contributed by atoms with E-state index in [2.05, 4.69) is 13.0 Å². The van der Waals surface area contributed by atoms with Crippen molar-refractivity contribution in [3.63, 3.8) is 0 Å². The van der Waals surface area contributed by atoms with Crippen LogP contribution >= 0.6 is 0 Å². The van der Waals surface area contributed by atoms with E-state index in [1.807, 2.05) is 0 Å². The zero-order valence-corrected chi connectivity index (χ0v) is 9.25. The second-order valence-electron chi connectivity index (χ2n) is 4.34. The average molecular weight is 209 g/mol. The third-order valence-corrected chi connectivity index (χ3v) is 3.23. The summed E-state index contributed by atoms with van der Waals surface area (Å²) in [6.45, 7) is 2.56. The molecule has 3 heteroatoms. The van der Waals surface area contributed by atoms with Gasteiger partial charge in [0.1, 0.15) is 17.1 Å². The molecule has 3 N–H and O–H groups in total. The summed E-state index contributed by atoms with van der Waals surface area (Å²) in [4.78, 5) is 0. The van der Waals surface area contributed by atoms with Crippen molar-refractivity contribution in [2.24, 2.45) is 5.73 Å². The second kappa shape index (κ2) is 3.99. The van der Waals surface area contributed by atoms with Crippen molar-refractivity contribution in [2.45, 2.75) is 44.6 Å². The maximum absolute atomic E-state index is 10.5. The van der Waals surface area contributed by atoms with Crippen molar-refractivity contribution in [3.8, 4) is 0 Å². The summed E-state index contributed by atoms with van der Waals surface area (Å²) in [5.41, 5.74) is 5.90. The fourth-order valence-corrected chi connectivity index (χ4v) is 2.40. The lowest BCUT2D eigenvalue weighted by molar-refractivity contribution is -0.00942. The van der Waals surface area contributed by atoms with E-state index in [4.69, 9.17) is 10.2 Å². The van der Waals surface area contributed by atoms with Crippen molar-refractivity contribution in [1.82, 2.24) is 0 Å². The summed E-state index contributed by atoms with van der Waals surface area (Å²) in [6.07, 6.45) is 4.29. The van der Waals surface area contributed by atoms with E-state index in [1.54, 1.807) is 0 Å². The van der Waals surface area contributed by atoms with Crippen LogP contribution in [0.3, 0.4) is 0 Å². The van der Waals surface area contributed by atoms with Crippen molar-refractivity contribution in [3.05, 3.63) is 23.2 Å². The summed E-state index contributed by atoms with van der Waals surface area (Å²) >= 11 is 0. The maximum atomic E-state index is 10.5. The number of aliphatic hydroxyl groups is 1. The van der Waals surface area contributed by atoms with Crippen LogP contribution in [-0.2, 0) is 18.4 Å². The van der Waals surface area contributed by atoms with E-state index in [-0.39, 0.29) is 0 Å². The van der Waals surface area contributed by atoms with Gasteiger partial charge >= 0.3 is 0 Å². The van der Waals surface area contributed by atoms with Crippen LogP contribution in [0.1, 0.15) is 43.3 Å². The molecule has 1 atom stereocenters. The van der Waals surface area contributed by atoms with Gasteiger partial charge in [0.05, 0.1) is 0 Å². The molecule has 0 fully saturated rings. The lowest BCUT2D eigenvalue weighted by Gasteiger charge is -2.30. The highest BCUT2D eigenvalue weighted by Gasteiger charge is 2.37. The lowest BCUT2D eigenvalue weighted by atomic mass is 9.82. The zero-order chi connectivity index (χ0) is 10.9. The molecule has 0 bridgehead atoms. The molecule has 0 amide bonds. The predicted molar refractivity (Wildman–Crippen MR) is 58.6 cm³/mol. The van der Waals surface area contributed by atoms with Gasteiger partial charge in [-0.25, -0.2) is 0 Å². The molecule has 1 aliphatic rings. The molecule has 1 heterocycles. The summed E-state index contributed by atoms with van der Waals surface area (Å²) < 4.78 is 5.72. The number of aryl methyl sites for hydroxylation is 2. The average Bonchev–Trinajstić information content (AvgIpc) is 2.63. The Balaban J connectivity index is 2.36. The fourth-order valence-electron chi connectivity index (χ4n) is 2.40. The normalized spacial score (nSPS) is 25.3. The van der Waals surface area contributed by atoms with E-state index < -0.39 is 5.60 Å². The van der Waals surface area contributed by atoms with E-state index in [9.17, 15) is 5.11 Å². The van der Waals surface area contributed by atoms with Crippen LogP contribution < -0.4 is 5.73 Å². The third-order valence-electron chi connectivity index (χ3n) is 3.23. The zero-order valence-electron chi connectivity index (χ0n) is 9.25. The first kappa shape index (κ1) is 10.7. The van der Waals surface area contributed by atoms with E-state index in [1.165, 1.54) is 5.56 Å². The Kier molecular flexibility index (Phi) is 2.85. The number of fused-ring (bicyclic) bond motifs is 1. The van der Waals surface area contributed by atoms with Gasteiger partial charge in [0.15, 0.2) is 0 Å². The second-order valence-corrected chi connectivity index (χ2v) is 4.34. The highest BCUT2D eigenvalue weighted by Crippen LogP contribution is 2.39. The maximum Gasteiger partial charge on any atom is 0.138 e. The van der Waals surface area contributed by atoms with Gasteiger partial charge in [-0.2, -0.15) is 0 Å². The number of hydrogen-bond donors (Lipinski definition) is 2. The molecule has 0 saturated heterocycles. The van der Waals surface area contributed by atoms with Gasteiger partial charge in [0.25, 0.3) is 0 Å². The minimum absolute atomic E-state index is 0.498. The number of hydrogen-bond acceptors (Lipinski definition) is 3. The van der Waals surface area contributed by atoms with Gasteiger partial charge in [-0.3, -0.25) is 0 Å². The van der Waals surface area contributed by atoms with Crippen molar-refractivity contribution >= 4 is 0 Å². The van der Waals surface area contributed by atoms with Crippen LogP contribution in [0.15, 0.2) is 10.5 Å². The smallest absolute Gasteiger partial charge is 0.138 e. The molecule has 1 aromatic rings. The van der Waals surface area contributed by atoms with E-state index in [0.717, 1.165) is 37.2 Å². The van der Waals surface area contributed by atoms with Crippen molar-refractivity contribution in [2.75, 3.05) is 6.54 Å². The molecular weight excluding hydrogens is 190 g/mol. The van der Waals surface area contributed by atoms with E-state index in [0.29, 0.717) is 13.0 Å². The molecule has 84 valence electrons. The van der Waals surface area contributed by atoms with E-state index >= 15 is 0 Å². The standard InChI is InChI=1S/C12H19NO2/c1-2-10-8-9-4-3-5-12(14,6-7-13)11(9)15-10/h8,14H,2-7,13H2,1H3. The largest absolute Gasteiger partial charge is 0.463 e. The molecule has 2 rings (SSSR count). The third kappa shape index (κ3) is 1.82. The number of nitrogens with two attached hydrogens (primary N) is 1. The monoisotopic (exact) mass is 209 g/mol. The molecule has 0 radical (unpaired) electrons. The molecular formula is C12H19NO2. The first-order chi connectivity index (χ1) is 7.19. The van der Waals surface area contributed by atoms with Crippen molar-refractivity contribution < 1.29 is 9.52 Å². The van der Waals surface area contributed by atoms with Gasteiger partial charge in [-0.1, -0.05) is 6.92 Å². The Bertz CT molecular complexity index is 345. The molecule has 0 saturated carbocycles. The highest BCUT2D eigenvalue weighted by molar-refractivity contribution is 5.29. The Labute approximate surface area is 90.3 Å². The van der Waals surface area contributed by atoms with Gasteiger partial charge < -0.3 is 15.3 Å². The molecule has 3 nitrogen and oxygen atoms in total. The molecule has 1 aliphatic carbocycles. The predicted octanol–water partition coefficient (Wildman–Crippen LogP) is 1.71. The lowest BCUT2D eigenvalue weighted by Crippen LogP contribution is -2.32. The molecule has 0 aliphatic heterocycles. The van der Waals surface area contributed by atoms with Crippen LogP contribution in [0.2, 0.25) is 0 Å². The van der Waals surface area contributed by atoms with Crippen LogP contribution in [-0.4, -0.2) is 11.7 Å². The summed E-state index contributed by atoms with van der Waals surface area (Å²) in [5, 5.41) is 10.5.